The van der Waals surface area contributed by atoms with Crippen LogP contribution in [0.25, 0.3) is 0 Å². The Morgan fingerprint density at radius 1 is 0.966 bits per heavy atom. The van der Waals surface area contributed by atoms with Gasteiger partial charge in [0.2, 0.25) is 15.9 Å². The first-order valence-electron chi connectivity index (χ1n) is 10.7. The SMILES string of the molecule is CC1CCCCN1C(=O)C1CCN(S(=O)(=O)c2ccc3c(c2)OCCCO3)CC1. The molecule has 7 nitrogen and oxygen atoms in total. The zero-order valence-corrected chi connectivity index (χ0v) is 17.8. The second kappa shape index (κ2) is 8.52. The molecule has 2 saturated heterocycles. The number of nitrogens with zero attached hydrogens (tertiary/aromatic N) is 2. The lowest BCUT2D eigenvalue weighted by molar-refractivity contribution is -0.140. The topological polar surface area (TPSA) is 76.2 Å². The van der Waals surface area contributed by atoms with E-state index in [1.54, 1.807) is 18.2 Å². The fraction of sp³-hybridized carbons (Fsp3) is 0.667. The van der Waals surface area contributed by atoms with Gasteiger partial charge in [-0.2, -0.15) is 4.31 Å². The van der Waals surface area contributed by atoms with Crippen molar-refractivity contribution >= 4 is 15.9 Å². The third kappa shape index (κ3) is 4.23. The van der Waals surface area contributed by atoms with Crippen molar-refractivity contribution in [2.45, 2.75) is 56.4 Å². The third-order valence-electron chi connectivity index (χ3n) is 6.25. The van der Waals surface area contributed by atoms with Crippen LogP contribution in [0.5, 0.6) is 11.5 Å². The molecule has 3 aliphatic heterocycles. The molecule has 0 spiro atoms. The molecule has 0 bridgehead atoms. The second-order valence-corrected chi connectivity index (χ2v) is 10.2. The van der Waals surface area contributed by atoms with Gasteiger partial charge in [0.25, 0.3) is 0 Å². The largest absolute Gasteiger partial charge is 0.490 e. The normalized spacial score (nSPS) is 24.2. The van der Waals surface area contributed by atoms with Crippen LogP contribution < -0.4 is 9.47 Å². The standard InChI is InChI=1S/C21H30N2O5S/c1-16-5-2-3-10-23(16)21(24)17-8-11-22(12-9-17)29(25,26)18-6-7-19-20(15-18)28-14-4-13-27-19/h6-7,15-17H,2-5,8-14H2,1H3. The molecule has 8 heteroatoms. The lowest BCUT2D eigenvalue weighted by Crippen LogP contribution is -2.48. The summed E-state index contributed by atoms with van der Waals surface area (Å²) in [5.41, 5.74) is 0. The molecule has 0 N–H and O–H groups in total. The van der Waals surface area contributed by atoms with Crippen LogP contribution in [0.3, 0.4) is 0 Å². The number of likely N-dealkylation sites (tertiary alicyclic amines) is 1. The number of hydrogen-bond acceptors (Lipinski definition) is 5. The summed E-state index contributed by atoms with van der Waals surface area (Å²) < 4.78 is 39.0. The molecule has 1 aromatic carbocycles. The van der Waals surface area contributed by atoms with Crippen LogP contribution in [0.4, 0.5) is 0 Å². The van der Waals surface area contributed by atoms with Gasteiger partial charge in [-0.25, -0.2) is 8.42 Å². The molecular weight excluding hydrogens is 392 g/mol. The van der Waals surface area contributed by atoms with E-state index in [4.69, 9.17) is 9.47 Å². The maximum atomic E-state index is 13.1. The van der Waals surface area contributed by atoms with E-state index in [1.165, 1.54) is 10.7 Å². The summed E-state index contributed by atoms with van der Waals surface area (Å²) in [6.45, 7) is 4.76. The minimum Gasteiger partial charge on any atom is -0.490 e. The van der Waals surface area contributed by atoms with E-state index in [0.717, 1.165) is 25.8 Å². The number of carbonyl (C=O) groups is 1. The van der Waals surface area contributed by atoms with Gasteiger partial charge < -0.3 is 14.4 Å². The summed E-state index contributed by atoms with van der Waals surface area (Å²) in [7, 11) is -3.62. The Balaban J connectivity index is 1.42. The number of fused-ring (bicyclic) bond motifs is 1. The van der Waals surface area contributed by atoms with Crippen molar-refractivity contribution in [3.8, 4) is 11.5 Å². The summed E-state index contributed by atoms with van der Waals surface area (Å²) in [4.78, 5) is 15.1. The van der Waals surface area contributed by atoms with Gasteiger partial charge in [-0.1, -0.05) is 0 Å². The van der Waals surface area contributed by atoms with Crippen LogP contribution in [0.2, 0.25) is 0 Å². The summed E-state index contributed by atoms with van der Waals surface area (Å²) >= 11 is 0. The van der Waals surface area contributed by atoms with Gasteiger partial charge in [0, 0.05) is 44.1 Å². The highest BCUT2D eigenvalue weighted by molar-refractivity contribution is 7.89. The summed E-state index contributed by atoms with van der Waals surface area (Å²) in [5.74, 6) is 1.18. The fourth-order valence-corrected chi connectivity index (χ4v) is 5.94. The monoisotopic (exact) mass is 422 g/mol. The van der Waals surface area contributed by atoms with Gasteiger partial charge in [0.1, 0.15) is 0 Å². The van der Waals surface area contributed by atoms with Gasteiger partial charge in [-0.3, -0.25) is 4.79 Å². The zero-order valence-electron chi connectivity index (χ0n) is 17.0. The van der Waals surface area contributed by atoms with Crippen molar-refractivity contribution in [1.29, 1.82) is 0 Å². The molecule has 29 heavy (non-hydrogen) atoms. The van der Waals surface area contributed by atoms with Crippen LogP contribution in [-0.4, -0.2) is 62.4 Å². The molecule has 1 amide bonds. The molecule has 0 radical (unpaired) electrons. The summed E-state index contributed by atoms with van der Waals surface area (Å²) in [6, 6.07) is 5.10. The van der Waals surface area contributed by atoms with Crippen molar-refractivity contribution in [2.24, 2.45) is 5.92 Å². The number of amides is 1. The molecule has 2 fully saturated rings. The molecule has 1 unspecified atom stereocenters. The number of piperidine rings is 2. The van der Waals surface area contributed by atoms with Crippen molar-refractivity contribution in [2.75, 3.05) is 32.8 Å². The van der Waals surface area contributed by atoms with Gasteiger partial charge in [0.15, 0.2) is 11.5 Å². The summed E-state index contributed by atoms with van der Waals surface area (Å²) in [5, 5.41) is 0. The average molecular weight is 423 g/mol. The quantitative estimate of drug-likeness (QED) is 0.749. The Labute approximate surface area is 173 Å². The molecule has 0 aliphatic carbocycles. The van der Waals surface area contributed by atoms with E-state index in [1.807, 2.05) is 4.90 Å². The number of ether oxygens (including phenoxy) is 2. The summed E-state index contributed by atoms with van der Waals surface area (Å²) in [6.07, 6.45) is 5.22. The molecule has 0 aromatic heterocycles. The molecule has 3 aliphatic rings. The van der Waals surface area contributed by atoms with Crippen LogP contribution >= 0.6 is 0 Å². The Morgan fingerprint density at radius 3 is 2.41 bits per heavy atom. The number of hydrogen-bond donors (Lipinski definition) is 0. The molecular formula is C21H30N2O5S. The highest BCUT2D eigenvalue weighted by atomic mass is 32.2. The smallest absolute Gasteiger partial charge is 0.243 e. The van der Waals surface area contributed by atoms with E-state index < -0.39 is 10.0 Å². The molecule has 1 aromatic rings. The molecule has 3 heterocycles. The first kappa shape index (κ1) is 20.5. The van der Waals surface area contributed by atoms with E-state index >= 15 is 0 Å². The maximum Gasteiger partial charge on any atom is 0.243 e. The van der Waals surface area contributed by atoms with Crippen molar-refractivity contribution in [1.82, 2.24) is 9.21 Å². The lowest BCUT2D eigenvalue weighted by Gasteiger charge is -2.38. The Hall–Kier alpha value is -1.80. The Morgan fingerprint density at radius 2 is 1.69 bits per heavy atom. The van der Waals surface area contributed by atoms with Crippen molar-refractivity contribution in [3.05, 3.63) is 18.2 Å². The number of sulfonamides is 1. The average Bonchev–Trinajstić information content (AvgIpc) is 2.98. The minimum atomic E-state index is -3.62. The van der Waals surface area contributed by atoms with Crippen LogP contribution in [0.1, 0.15) is 45.4 Å². The third-order valence-corrected chi connectivity index (χ3v) is 8.14. The molecule has 0 saturated carbocycles. The van der Waals surface area contributed by atoms with Gasteiger partial charge in [-0.05, 0) is 51.2 Å². The van der Waals surface area contributed by atoms with Crippen LogP contribution in [0.15, 0.2) is 23.1 Å². The predicted molar refractivity (Wildman–Crippen MR) is 109 cm³/mol. The van der Waals surface area contributed by atoms with Crippen LogP contribution in [-0.2, 0) is 14.8 Å². The second-order valence-electron chi connectivity index (χ2n) is 8.21. The first-order valence-corrected chi connectivity index (χ1v) is 12.1. The Kier molecular flexibility index (Phi) is 6.01. The van der Waals surface area contributed by atoms with Gasteiger partial charge in [-0.15, -0.1) is 0 Å². The zero-order chi connectivity index (χ0) is 20.4. The van der Waals surface area contributed by atoms with Crippen LogP contribution in [0, 0.1) is 5.92 Å². The van der Waals surface area contributed by atoms with E-state index in [-0.39, 0.29) is 16.7 Å². The Bertz CT molecular complexity index is 849. The van der Waals surface area contributed by atoms with Crippen molar-refractivity contribution in [3.63, 3.8) is 0 Å². The number of rotatable bonds is 3. The minimum absolute atomic E-state index is 0.0780. The first-order chi connectivity index (χ1) is 14.0. The molecule has 160 valence electrons. The lowest BCUT2D eigenvalue weighted by atomic mass is 9.94. The fourth-order valence-electron chi connectivity index (χ4n) is 4.46. The van der Waals surface area contributed by atoms with E-state index in [0.29, 0.717) is 56.7 Å². The van der Waals surface area contributed by atoms with E-state index in [2.05, 4.69) is 6.92 Å². The predicted octanol–water partition coefficient (Wildman–Crippen LogP) is 2.65. The highest BCUT2D eigenvalue weighted by Gasteiger charge is 2.35. The number of carbonyl (C=O) groups excluding carboxylic acids is 1. The van der Waals surface area contributed by atoms with Crippen molar-refractivity contribution < 1.29 is 22.7 Å². The highest BCUT2D eigenvalue weighted by Crippen LogP contribution is 2.34. The molecule has 4 rings (SSSR count). The molecule has 1 atom stereocenters. The van der Waals surface area contributed by atoms with Gasteiger partial charge >= 0.3 is 0 Å². The van der Waals surface area contributed by atoms with Gasteiger partial charge in [0.05, 0.1) is 18.1 Å². The number of benzene rings is 1. The van der Waals surface area contributed by atoms with E-state index in [9.17, 15) is 13.2 Å². The maximum absolute atomic E-state index is 13.1.